The maximum Gasteiger partial charge on any atom is 0.221 e. The van der Waals surface area contributed by atoms with Gasteiger partial charge >= 0.3 is 0 Å². The molecule has 0 aliphatic carbocycles. The number of nitrogens with one attached hydrogen (secondary N) is 1. The number of nitrogens with two attached hydrogens (primary N) is 1. The van der Waals surface area contributed by atoms with Crippen LogP contribution < -0.4 is 11.1 Å². The fourth-order valence-corrected chi connectivity index (χ4v) is 3.18. The first-order chi connectivity index (χ1) is 14.3. The second-order valence-electron chi connectivity index (χ2n) is 6.48. The van der Waals surface area contributed by atoms with E-state index in [-0.39, 0.29) is 5.95 Å². The number of oxazole rings is 1. The predicted molar refractivity (Wildman–Crippen MR) is 112 cm³/mol. The van der Waals surface area contributed by atoms with Crippen LogP contribution in [0.15, 0.2) is 84.0 Å². The number of hydrogen-bond acceptors (Lipinski definition) is 7. The Kier molecular flexibility index (Phi) is 4.10. The minimum atomic E-state index is 0.191. The molecule has 0 radical (unpaired) electrons. The van der Waals surface area contributed by atoms with Gasteiger partial charge in [0.15, 0.2) is 12.2 Å². The summed E-state index contributed by atoms with van der Waals surface area (Å²) in [7, 11) is 0. The molecule has 3 heterocycles. The van der Waals surface area contributed by atoms with Gasteiger partial charge in [-0.1, -0.05) is 36.4 Å². The van der Waals surface area contributed by atoms with Gasteiger partial charge in [0.1, 0.15) is 5.82 Å². The average molecular weight is 380 g/mol. The number of nitrogen functional groups attached to an aromatic ring is 1. The molecule has 3 N–H and O–H groups in total. The zero-order chi connectivity index (χ0) is 19.6. The highest BCUT2D eigenvalue weighted by Crippen LogP contribution is 2.32. The van der Waals surface area contributed by atoms with E-state index in [1.165, 1.54) is 6.39 Å². The van der Waals surface area contributed by atoms with E-state index in [1.807, 2.05) is 54.6 Å². The van der Waals surface area contributed by atoms with Crippen LogP contribution >= 0.6 is 0 Å². The Bertz CT molecular complexity index is 1300. The third-order valence-corrected chi connectivity index (χ3v) is 4.55. The highest BCUT2D eigenvalue weighted by atomic mass is 16.3. The summed E-state index contributed by atoms with van der Waals surface area (Å²) in [6.45, 7) is 0. The van der Waals surface area contributed by atoms with Gasteiger partial charge in [0, 0.05) is 22.7 Å². The lowest BCUT2D eigenvalue weighted by Crippen LogP contribution is -2.02. The fourth-order valence-electron chi connectivity index (χ4n) is 3.18. The van der Waals surface area contributed by atoms with E-state index in [0.29, 0.717) is 11.6 Å². The number of nitrogens with zero attached hydrogens (tertiary/aromatic N) is 4. The smallest absolute Gasteiger partial charge is 0.221 e. The predicted octanol–water partition coefficient (Wildman–Crippen LogP) is 4.67. The molecule has 0 aliphatic heterocycles. The molecule has 0 spiro atoms. The maximum atomic E-state index is 5.86. The summed E-state index contributed by atoms with van der Waals surface area (Å²) in [5, 5.41) is 4.36. The molecule has 0 aliphatic rings. The average Bonchev–Trinajstić information content (AvgIpc) is 3.29. The van der Waals surface area contributed by atoms with Gasteiger partial charge in [-0.3, -0.25) is 4.98 Å². The van der Waals surface area contributed by atoms with Crippen LogP contribution in [0, 0.1) is 0 Å². The Balaban J connectivity index is 1.56. The molecular weight excluding hydrogens is 364 g/mol. The van der Waals surface area contributed by atoms with Gasteiger partial charge in [-0.15, -0.1) is 0 Å². The summed E-state index contributed by atoms with van der Waals surface area (Å²) < 4.78 is 5.41. The van der Waals surface area contributed by atoms with E-state index in [4.69, 9.17) is 10.2 Å². The van der Waals surface area contributed by atoms with Crippen molar-refractivity contribution in [1.29, 1.82) is 0 Å². The standard InChI is InChI=1S/C22H16N6O/c23-22-26-11-18(14-5-3-6-16(8-14)20-12-24-13-29-20)21(28-22)27-17-9-15-4-1-2-7-19(15)25-10-17/h1-13H,(H3,23,26,27,28). The number of para-hydroxylation sites is 1. The molecule has 0 saturated heterocycles. The largest absolute Gasteiger partial charge is 0.444 e. The van der Waals surface area contributed by atoms with Crippen molar-refractivity contribution < 1.29 is 4.42 Å². The van der Waals surface area contributed by atoms with Gasteiger partial charge < -0.3 is 15.5 Å². The summed E-state index contributed by atoms with van der Waals surface area (Å²) in [6, 6.07) is 17.9. The number of rotatable bonds is 4. The SMILES string of the molecule is Nc1ncc(-c2cccc(-c3cnco3)c2)c(Nc2cnc3ccccc3c2)n1. The molecule has 7 nitrogen and oxygen atoms in total. The summed E-state index contributed by atoms with van der Waals surface area (Å²) in [5.41, 5.74) is 10.3. The van der Waals surface area contributed by atoms with E-state index >= 15 is 0 Å². The van der Waals surface area contributed by atoms with E-state index in [0.717, 1.165) is 33.3 Å². The molecule has 0 fully saturated rings. The quantitative estimate of drug-likeness (QED) is 0.467. The van der Waals surface area contributed by atoms with Crippen molar-refractivity contribution >= 4 is 28.4 Å². The Morgan fingerprint density at radius 3 is 2.66 bits per heavy atom. The van der Waals surface area contributed by atoms with Crippen molar-refractivity contribution in [3.63, 3.8) is 0 Å². The molecule has 0 amide bonds. The van der Waals surface area contributed by atoms with Gasteiger partial charge in [-0.05, 0) is 23.8 Å². The first-order valence-electron chi connectivity index (χ1n) is 9.00. The summed E-state index contributed by atoms with van der Waals surface area (Å²) in [6.07, 6.45) is 6.57. The lowest BCUT2D eigenvalue weighted by atomic mass is 10.0. The van der Waals surface area contributed by atoms with E-state index in [2.05, 4.69) is 25.3 Å². The molecule has 3 aromatic heterocycles. The fraction of sp³-hybridized carbons (Fsp3) is 0. The Morgan fingerprint density at radius 1 is 0.862 bits per heavy atom. The van der Waals surface area contributed by atoms with Crippen molar-refractivity contribution in [2.24, 2.45) is 0 Å². The van der Waals surface area contributed by atoms with E-state index in [1.54, 1.807) is 18.6 Å². The minimum Gasteiger partial charge on any atom is -0.444 e. The van der Waals surface area contributed by atoms with Crippen molar-refractivity contribution in [2.45, 2.75) is 0 Å². The lowest BCUT2D eigenvalue weighted by molar-refractivity contribution is 0.572. The van der Waals surface area contributed by atoms with Crippen LogP contribution in [0.1, 0.15) is 0 Å². The number of pyridine rings is 1. The van der Waals surface area contributed by atoms with Crippen LogP contribution in [-0.4, -0.2) is 19.9 Å². The zero-order valence-electron chi connectivity index (χ0n) is 15.3. The van der Waals surface area contributed by atoms with Crippen molar-refractivity contribution in [2.75, 3.05) is 11.1 Å². The zero-order valence-corrected chi connectivity index (χ0v) is 15.3. The molecular formula is C22H16N6O. The van der Waals surface area contributed by atoms with E-state index in [9.17, 15) is 0 Å². The van der Waals surface area contributed by atoms with Crippen LogP contribution in [0.2, 0.25) is 0 Å². The summed E-state index contributed by atoms with van der Waals surface area (Å²) in [5.74, 6) is 1.48. The Morgan fingerprint density at radius 2 is 1.76 bits per heavy atom. The summed E-state index contributed by atoms with van der Waals surface area (Å²) >= 11 is 0. The second kappa shape index (κ2) is 7.05. The van der Waals surface area contributed by atoms with Crippen LogP contribution in [-0.2, 0) is 0 Å². The number of aromatic nitrogens is 4. The molecule has 0 bridgehead atoms. The molecule has 29 heavy (non-hydrogen) atoms. The van der Waals surface area contributed by atoms with E-state index < -0.39 is 0 Å². The molecule has 5 rings (SSSR count). The molecule has 7 heteroatoms. The van der Waals surface area contributed by atoms with Crippen LogP contribution in [0.5, 0.6) is 0 Å². The number of hydrogen-bond donors (Lipinski definition) is 2. The third kappa shape index (κ3) is 3.37. The van der Waals surface area contributed by atoms with Gasteiger partial charge in [-0.2, -0.15) is 4.98 Å². The second-order valence-corrected chi connectivity index (χ2v) is 6.48. The van der Waals surface area contributed by atoms with Gasteiger partial charge in [0.05, 0.1) is 23.6 Å². The topological polar surface area (TPSA) is 103 Å². The van der Waals surface area contributed by atoms with Gasteiger partial charge in [0.25, 0.3) is 0 Å². The van der Waals surface area contributed by atoms with Crippen LogP contribution in [0.3, 0.4) is 0 Å². The van der Waals surface area contributed by atoms with Crippen molar-refractivity contribution in [3.05, 3.63) is 79.6 Å². The molecule has 140 valence electrons. The maximum absolute atomic E-state index is 5.86. The third-order valence-electron chi connectivity index (χ3n) is 4.55. The molecule has 0 saturated carbocycles. The highest BCUT2D eigenvalue weighted by Gasteiger charge is 2.12. The number of anilines is 3. The van der Waals surface area contributed by atoms with Gasteiger partial charge in [0.2, 0.25) is 5.95 Å². The summed E-state index contributed by atoms with van der Waals surface area (Å²) in [4.78, 5) is 17.1. The molecule has 2 aromatic carbocycles. The molecule has 0 unspecified atom stereocenters. The normalized spacial score (nSPS) is 10.9. The van der Waals surface area contributed by atoms with Crippen molar-refractivity contribution in [3.8, 4) is 22.5 Å². The molecule has 5 aromatic rings. The Hall–Kier alpha value is -4.26. The highest BCUT2D eigenvalue weighted by molar-refractivity contribution is 5.85. The number of fused-ring (bicyclic) bond motifs is 1. The monoisotopic (exact) mass is 380 g/mol. The number of benzene rings is 2. The van der Waals surface area contributed by atoms with Gasteiger partial charge in [-0.25, -0.2) is 9.97 Å². The first kappa shape index (κ1) is 16.9. The van der Waals surface area contributed by atoms with Crippen molar-refractivity contribution in [1.82, 2.24) is 19.9 Å². The van der Waals surface area contributed by atoms with Crippen LogP contribution in [0.25, 0.3) is 33.4 Å². The van der Waals surface area contributed by atoms with Crippen LogP contribution in [0.4, 0.5) is 17.5 Å². The lowest BCUT2D eigenvalue weighted by Gasteiger charge is -2.12. The Labute approximate surface area is 166 Å². The minimum absolute atomic E-state index is 0.191. The first-order valence-corrected chi connectivity index (χ1v) is 9.00. The molecule has 0 atom stereocenters.